The Labute approximate surface area is 129 Å². The van der Waals surface area contributed by atoms with Crippen LogP contribution in [0, 0.1) is 5.82 Å². The van der Waals surface area contributed by atoms with Crippen molar-refractivity contribution in [2.75, 3.05) is 0 Å². The molecule has 3 aromatic rings. The van der Waals surface area contributed by atoms with E-state index in [2.05, 4.69) is 15.5 Å². The fraction of sp³-hybridized carbons (Fsp3) is 0.133. The van der Waals surface area contributed by atoms with Gasteiger partial charge in [-0.1, -0.05) is 18.2 Å². The van der Waals surface area contributed by atoms with Crippen molar-refractivity contribution in [1.29, 1.82) is 0 Å². The molecule has 2 aromatic heterocycles. The molecule has 3 rings (SSSR count). The van der Waals surface area contributed by atoms with Crippen molar-refractivity contribution in [2.24, 2.45) is 0 Å². The van der Waals surface area contributed by atoms with Crippen molar-refractivity contribution < 1.29 is 13.6 Å². The van der Waals surface area contributed by atoms with E-state index in [1.54, 1.807) is 23.5 Å². The molecular formula is C15H12FN3O2S. The van der Waals surface area contributed by atoms with Crippen LogP contribution in [-0.2, 0) is 0 Å². The molecule has 0 radical (unpaired) electrons. The van der Waals surface area contributed by atoms with Crippen LogP contribution in [0.3, 0.4) is 0 Å². The lowest BCUT2D eigenvalue weighted by molar-refractivity contribution is 0.0906. The van der Waals surface area contributed by atoms with Crippen LogP contribution in [0.1, 0.15) is 28.5 Å². The van der Waals surface area contributed by atoms with E-state index in [4.69, 9.17) is 4.42 Å². The fourth-order valence-electron chi connectivity index (χ4n) is 1.93. The number of carbonyl (C=O) groups is 1. The third-order valence-corrected chi connectivity index (χ3v) is 4.10. The number of nitrogens with zero attached hydrogens (tertiary/aromatic N) is 2. The molecule has 0 aliphatic carbocycles. The van der Waals surface area contributed by atoms with Gasteiger partial charge in [0, 0.05) is 4.88 Å². The number of aromatic nitrogens is 2. The maximum absolute atomic E-state index is 13.7. The Hall–Kier alpha value is -2.54. The van der Waals surface area contributed by atoms with Gasteiger partial charge >= 0.3 is 11.8 Å². The largest absolute Gasteiger partial charge is 0.412 e. The third kappa shape index (κ3) is 2.89. The van der Waals surface area contributed by atoms with Crippen LogP contribution in [0.2, 0.25) is 0 Å². The van der Waals surface area contributed by atoms with Crippen LogP contribution in [0.4, 0.5) is 4.39 Å². The SMILES string of the molecule is C[C@@H](NC(=O)c1nnc(-c2ccccc2F)o1)c1cccs1. The first-order chi connectivity index (χ1) is 10.6. The number of thiophene rings is 1. The van der Waals surface area contributed by atoms with Crippen molar-refractivity contribution >= 4 is 17.2 Å². The third-order valence-electron chi connectivity index (χ3n) is 3.04. The van der Waals surface area contributed by atoms with Crippen LogP contribution in [0.25, 0.3) is 11.5 Å². The molecule has 0 aliphatic heterocycles. The minimum absolute atomic E-state index is 0.0213. The monoisotopic (exact) mass is 317 g/mol. The van der Waals surface area contributed by atoms with E-state index >= 15 is 0 Å². The van der Waals surface area contributed by atoms with Crippen molar-refractivity contribution in [2.45, 2.75) is 13.0 Å². The number of amides is 1. The van der Waals surface area contributed by atoms with Gasteiger partial charge < -0.3 is 9.73 Å². The first kappa shape index (κ1) is 14.4. The molecule has 112 valence electrons. The summed E-state index contributed by atoms with van der Waals surface area (Å²) in [6.07, 6.45) is 0. The number of hydrogen-bond donors (Lipinski definition) is 1. The Morgan fingerprint density at radius 1 is 1.27 bits per heavy atom. The summed E-state index contributed by atoms with van der Waals surface area (Å²) in [6.45, 7) is 1.86. The average molecular weight is 317 g/mol. The lowest BCUT2D eigenvalue weighted by atomic mass is 10.2. The topological polar surface area (TPSA) is 68.0 Å². The standard InChI is InChI=1S/C15H12FN3O2S/c1-9(12-7-4-8-22-12)17-13(20)15-19-18-14(21-15)10-5-2-3-6-11(10)16/h2-9H,1H3,(H,17,20)/t9-/m1/s1. The maximum Gasteiger partial charge on any atom is 0.309 e. The number of rotatable bonds is 4. The number of hydrogen-bond acceptors (Lipinski definition) is 5. The molecule has 22 heavy (non-hydrogen) atoms. The molecule has 1 aromatic carbocycles. The zero-order valence-corrected chi connectivity index (χ0v) is 12.4. The van der Waals surface area contributed by atoms with E-state index in [1.807, 2.05) is 24.4 Å². The lowest BCUT2D eigenvalue weighted by Crippen LogP contribution is -2.26. The van der Waals surface area contributed by atoms with Gasteiger partial charge in [-0.25, -0.2) is 4.39 Å². The second-order valence-corrected chi connectivity index (χ2v) is 5.58. The van der Waals surface area contributed by atoms with Crippen LogP contribution >= 0.6 is 11.3 Å². The summed E-state index contributed by atoms with van der Waals surface area (Å²) in [6, 6.07) is 9.68. The van der Waals surface area contributed by atoms with E-state index in [1.165, 1.54) is 12.1 Å². The van der Waals surface area contributed by atoms with Crippen LogP contribution in [0.5, 0.6) is 0 Å². The molecule has 0 saturated carbocycles. The van der Waals surface area contributed by atoms with Gasteiger partial charge in [-0.05, 0) is 30.5 Å². The summed E-state index contributed by atoms with van der Waals surface area (Å²) < 4.78 is 18.9. The second-order valence-electron chi connectivity index (χ2n) is 4.60. The van der Waals surface area contributed by atoms with E-state index in [-0.39, 0.29) is 23.4 Å². The normalized spacial score (nSPS) is 12.1. The molecule has 1 N–H and O–H groups in total. The zero-order valence-electron chi connectivity index (χ0n) is 11.6. The fourth-order valence-corrected chi connectivity index (χ4v) is 2.66. The minimum atomic E-state index is -0.490. The number of benzene rings is 1. The minimum Gasteiger partial charge on any atom is -0.412 e. The summed E-state index contributed by atoms with van der Waals surface area (Å²) in [4.78, 5) is 13.1. The molecule has 7 heteroatoms. The van der Waals surface area contributed by atoms with Gasteiger partial charge in [0.15, 0.2) is 0 Å². The summed E-state index contributed by atoms with van der Waals surface area (Å²) in [5.41, 5.74) is 0.167. The van der Waals surface area contributed by atoms with E-state index in [0.29, 0.717) is 0 Å². The first-order valence-electron chi connectivity index (χ1n) is 6.58. The lowest BCUT2D eigenvalue weighted by Gasteiger charge is -2.09. The summed E-state index contributed by atoms with van der Waals surface area (Å²) >= 11 is 1.54. The highest BCUT2D eigenvalue weighted by molar-refractivity contribution is 7.10. The molecular weight excluding hydrogens is 305 g/mol. The maximum atomic E-state index is 13.7. The Morgan fingerprint density at radius 3 is 2.82 bits per heavy atom. The molecule has 5 nitrogen and oxygen atoms in total. The Bertz CT molecular complexity index is 786. The van der Waals surface area contributed by atoms with Crippen LogP contribution in [-0.4, -0.2) is 16.1 Å². The van der Waals surface area contributed by atoms with Crippen molar-refractivity contribution in [3.63, 3.8) is 0 Å². The predicted molar refractivity (Wildman–Crippen MR) is 79.9 cm³/mol. The molecule has 2 heterocycles. The summed E-state index contributed by atoms with van der Waals surface area (Å²) in [5, 5.41) is 12.1. The van der Waals surface area contributed by atoms with Gasteiger partial charge in [-0.3, -0.25) is 4.79 Å². The number of nitrogens with one attached hydrogen (secondary N) is 1. The highest BCUT2D eigenvalue weighted by Crippen LogP contribution is 2.22. The van der Waals surface area contributed by atoms with Gasteiger partial charge in [-0.2, -0.15) is 0 Å². The molecule has 0 saturated heterocycles. The molecule has 0 bridgehead atoms. The molecule has 0 unspecified atom stereocenters. The molecule has 0 fully saturated rings. The van der Waals surface area contributed by atoms with Crippen LogP contribution < -0.4 is 5.32 Å². The first-order valence-corrected chi connectivity index (χ1v) is 7.46. The predicted octanol–water partition coefficient (Wildman–Crippen LogP) is 3.43. The van der Waals surface area contributed by atoms with Gasteiger partial charge in [0.05, 0.1) is 11.6 Å². The Kier molecular flexibility index (Phi) is 3.97. The molecule has 1 atom stereocenters. The smallest absolute Gasteiger partial charge is 0.309 e. The quantitative estimate of drug-likeness (QED) is 0.800. The summed E-state index contributed by atoms with van der Waals surface area (Å²) in [7, 11) is 0. The molecule has 1 amide bonds. The highest BCUT2D eigenvalue weighted by Gasteiger charge is 2.19. The van der Waals surface area contributed by atoms with Crippen molar-refractivity contribution in [1.82, 2.24) is 15.5 Å². The second kappa shape index (κ2) is 6.07. The van der Waals surface area contributed by atoms with Crippen molar-refractivity contribution in [3.8, 4) is 11.5 Å². The summed E-state index contributed by atoms with van der Waals surface area (Å²) in [5.74, 6) is -1.19. The van der Waals surface area contributed by atoms with Crippen molar-refractivity contribution in [3.05, 3.63) is 58.4 Å². The Balaban J connectivity index is 1.76. The number of halogens is 1. The molecule has 0 spiro atoms. The van der Waals surface area contributed by atoms with Gasteiger partial charge in [-0.15, -0.1) is 21.5 Å². The number of carbonyl (C=O) groups excluding carboxylic acids is 1. The van der Waals surface area contributed by atoms with E-state index in [9.17, 15) is 9.18 Å². The van der Waals surface area contributed by atoms with Gasteiger partial charge in [0.2, 0.25) is 0 Å². The highest BCUT2D eigenvalue weighted by atomic mass is 32.1. The van der Waals surface area contributed by atoms with E-state index in [0.717, 1.165) is 4.88 Å². The zero-order chi connectivity index (χ0) is 15.5. The van der Waals surface area contributed by atoms with E-state index < -0.39 is 11.7 Å². The Morgan fingerprint density at radius 2 is 2.09 bits per heavy atom. The van der Waals surface area contributed by atoms with Gasteiger partial charge in [0.1, 0.15) is 5.82 Å². The molecule has 0 aliphatic rings. The average Bonchev–Trinajstić information content (AvgIpc) is 3.19. The van der Waals surface area contributed by atoms with Gasteiger partial charge in [0.25, 0.3) is 5.89 Å². The van der Waals surface area contributed by atoms with Crippen LogP contribution in [0.15, 0.2) is 46.2 Å².